The predicted molar refractivity (Wildman–Crippen MR) is 265 cm³/mol. The molecule has 15 heteroatoms. The Kier molecular flexibility index (Phi) is 16.2. The number of ether oxygens (including phenoxy) is 4. The third-order valence-electron chi connectivity index (χ3n) is 13.5. The number of unbranched alkanes of at least 4 members (excludes halogenated alkanes) is 2. The number of rotatable bonds is 21. The molecule has 2 amide bonds. The van der Waals surface area contributed by atoms with E-state index in [1.807, 2.05) is 85.8 Å². The van der Waals surface area contributed by atoms with Gasteiger partial charge >= 0.3 is 12.2 Å². The van der Waals surface area contributed by atoms with Gasteiger partial charge in [0.05, 0.1) is 29.7 Å². The summed E-state index contributed by atoms with van der Waals surface area (Å²) in [6.45, 7) is 6.49. The zero-order valence-electron chi connectivity index (χ0n) is 39.3. The molecule has 0 radical (unpaired) electrons. The maximum absolute atomic E-state index is 15.4. The summed E-state index contributed by atoms with van der Waals surface area (Å²) in [5, 5.41) is 41.2. The molecule has 0 spiro atoms. The number of aliphatic hydroxyl groups is 2. The minimum absolute atomic E-state index is 0.0187. The van der Waals surface area contributed by atoms with Gasteiger partial charge in [-0.15, -0.1) is 6.58 Å². The standard InChI is InChI=1S/C55H60N4O11/c1-3-31-66-55-50(58(35-40-20-14-19-38-17-8-9-21-44(38)40)54(63)69-42-25-23-41(24-26-42)59(64)65)34-48(57-67-36-37-15-6-5-7-16-37)46-32-39(18-10-12-29-60)45(22-11-13-30-61)51(52(46)55)47-33-43(27-28-49(47)70-55)68-53(62)56-4-2/h3,5-9,14-17,19-21,23-28,32-33,39,45,50-52,60-61H,1,4,10-13,18,22,29-31,34-36H2,2H3,(H,56,62). The Balaban J connectivity index is 1.36. The molecule has 6 unspecified atom stereocenters. The number of carbonyl (C=O) groups excluding carboxylic acids is 2. The summed E-state index contributed by atoms with van der Waals surface area (Å²) in [5.41, 5.74) is 3.72. The summed E-state index contributed by atoms with van der Waals surface area (Å²) in [7, 11) is 0. The average Bonchev–Trinajstić information content (AvgIpc) is 3.37. The van der Waals surface area contributed by atoms with Crippen molar-refractivity contribution in [2.24, 2.45) is 22.9 Å². The van der Waals surface area contributed by atoms with Gasteiger partial charge < -0.3 is 39.3 Å². The fraction of sp³-hybridized carbons (Fsp3) is 0.364. The molecule has 1 heterocycles. The lowest BCUT2D eigenvalue weighted by atomic mass is 9.55. The Morgan fingerprint density at radius 1 is 0.914 bits per heavy atom. The zero-order valence-corrected chi connectivity index (χ0v) is 39.3. The number of carbonyl (C=O) groups is 2. The Morgan fingerprint density at radius 2 is 1.64 bits per heavy atom. The van der Waals surface area contributed by atoms with E-state index in [4.69, 9.17) is 28.9 Å². The largest absolute Gasteiger partial charge is 0.459 e. The first-order valence-electron chi connectivity index (χ1n) is 24.1. The summed E-state index contributed by atoms with van der Waals surface area (Å²) in [4.78, 5) is 47.2. The number of nitro benzene ring substituents is 1. The predicted octanol–water partition coefficient (Wildman–Crippen LogP) is 10.4. The first-order chi connectivity index (χ1) is 34.2. The number of oxime groups is 1. The van der Waals surface area contributed by atoms with Crippen LogP contribution in [0.5, 0.6) is 17.2 Å². The van der Waals surface area contributed by atoms with E-state index >= 15 is 4.79 Å². The van der Waals surface area contributed by atoms with E-state index in [-0.39, 0.29) is 62.7 Å². The van der Waals surface area contributed by atoms with E-state index in [9.17, 15) is 25.1 Å². The van der Waals surface area contributed by atoms with E-state index < -0.39 is 40.8 Å². The molecule has 3 N–H and O–H groups in total. The van der Waals surface area contributed by atoms with Crippen LogP contribution in [0.25, 0.3) is 10.8 Å². The second-order valence-electron chi connectivity index (χ2n) is 17.8. The third kappa shape index (κ3) is 10.9. The van der Waals surface area contributed by atoms with E-state index in [0.29, 0.717) is 49.4 Å². The number of nitrogens with one attached hydrogen (secondary N) is 1. The number of nitro groups is 1. The SMILES string of the molecule is C=CCOC12Oc3ccc(OC(=O)NCC)cc3C3C(CCCCO)C(CCCCO)C=C(C(=NOCc4ccccc4)CC1N(Cc1cccc4ccccc14)C(=O)Oc1ccc([N+](=O)[O-])cc1)C32. The lowest BCUT2D eigenvalue weighted by Crippen LogP contribution is -2.70. The smallest absolute Gasteiger partial charge is 0.416 e. The molecule has 1 saturated carbocycles. The molecule has 5 aromatic carbocycles. The highest BCUT2D eigenvalue weighted by Crippen LogP contribution is 2.62. The minimum Gasteiger partial charge on any atom is -0.459 e. The summed E-state index contributed by atoms with van der Waals surface area (Å²) < 4.78 is 26.6. The monoisotopic (exact) mass is 952 g/mol. The Morgan fingerprint density at radius 3 is 2.39 bits per heavy atom. The van der Waals surface area contributed by atoms with Gasteiger partial charge in [0.2, 0.25) is 5.79 Å². The van der Waals surface area contributed by atoms with Crippen LogP contribution >= 0.6 is 0 Å². The maximum Gasteiger partial charge on any atom is 0.416 e. The minimum atomic E-state index is -1.65. The van der Waals surface area contributed by atoms with Gasteiger partial charge in [0.15, 0.2) is 0 Å². The summed E-state index contributed by atoms with van der Waals surface area (Å²) in [5.74, 6) is -2.01. The molecule has 2 aliphatic carbocycles. The van der Waals surface area contributed by atoms with Crippen LogP contribution in [0.15, 0.2) is 145 Å². The second-order valence-corrected chi connectivity index (χ2v) is 17.8. The number of aliphatic hydroxyl groups excluding tert-OH is 2. The highest BCUT2D eigenvalue weighted by atomic mass is 16.7. The quantitative estimate of drug-likeness (QED) is 0.0274. The van der Waals surface area contributed by atoms with E-state index in [1.165, 1.54) is 24.3 Å². The van der Waals surface area contributed by atoms with Crippen molar-refractivity contribution in [1.82, 2.24) is 10.2 Å². The van der Waals surface area contributed by atoms with Crippen molar-refractivity contribution in [3.05, 3.63) is 166 Å². The molecule has 1 aliphatic heterocycles. The lowest BCUT2D eigenvalue weighted by molar-refractivity contribution is -0.384. The Labute approximate surface area is 407 Å². The van der Waals surface area contributed by atoms with Gasteiger partial charge in [0.25, 0.3) is 5.69 Å². The van der Waals surface area contributed by atoms with Gasteiger partial charge in [-0.1, -0.05) is 103 Å². The summed E-state index contributed by atoms with van der Waals surface area (Å²) in [6.07, 6.45) is 6.66. The topological polar surface area (TPSA) is 192 Å². The second kappa shape index (κ2) is 23.0. The molecular weight excluding hydrogens is 893 g/mol. The molecule has 0 aromatic heterocycles. The van der Waals surface area contributed by atoms with Gasteiger partial charge in [-0.3, -0.25) is 15.0 Å². The molecule has 366 valence electrons. The van der Waals surface area contributed by atoms with Crippen molar-refractivity contribution in [1.29, 1.82) is 0 Å². The average molecular weight is 953 g/mol. The molecule has 70 heavy (non-hydrogen) atoms. The molecule has 6 atom stereocenters. The van der Waals surface area contributed by atoms with Crippen molar-refractivity contribution in [2.75, 3.05) is 26.4 Å². The van der Waals surface area contributed by atoms with Crippen LogP contribution in [0.2, 0.25) is 0 Å². The van der Waals surface area contributed by atoms with Gasteiger partial charge in [0.1, 0.15) is 29.9 Å². The molecule has 3 aliphatic rings. The van der Waals surface area contributed by atoms with Crippen LogP contribution < -0.4 is 19.5 Å². The number of nitrogens with zero attached hydrogens (tertiary/aromatic N) is 3. The molecule has 0 saturated heterocycles. The van der Waals surface area contributed by atoms with Crippen LogP contribution in [0.1, 0.15) is 74.5 Å². The number of amides is 2. The van der Waals surface area contributed by atoms with Gasteiger partial charge in [-0.25, -0.2) is 9.59 Å². The fourth-order valence-electron chi connectivity index (χ4n) is 10.5. The van der Waals surface area contributed by atoms with E-state index in [2.05, 4.69) is 18.0 Å². The van der Waals surface area contributed by atoms with Crippen LogP contribution in [0.4, 0.5) is 15.3 Å². The number of benzene rings is 5. The van der Waals surface area contributed by atoms with Crippen LogP contribution in [0, 0.1) is 27.9 Å². The number of non-ortho nitro benzene ring substituents is 1. The zero-order chi connectivity index (χ0) is 49.0. The van der Waals surface area contributed by atoms with Gasteiger partial charge in [0, 0.05) is 49.8 Å². The Hall–Kier alpha value is -7.07. The van der Waals surface area contributed by atoms with Crippen molar-refractivity contribution < 1.29 is 48.5 Å². The molecule has 1 fully saturated rings. The van der Waals surface area contributed by atoms with Gasteiger partial charge in [-0.2, -0.15) is 0 Å². The van der Waals surface area contributed by atoms with Crippen molar-refractivity contribution >= 4 is 34.4 Å². The number of hydrogen-bond acceptors (Lipinski definition) is 12. The molecule has 0 bridgehead atoms. The first kappa shape index (κ1) is 49.4. The highest BCUT2D eigenvalue weighted by molar-refractivity contribution is 6.03. The van der Waals surface area contributed by atoms with Crippen LogP contribution in [-0.4, -0.2) is 76.1 Å². The van der Waals surface area contributed by atoms with Gasteiger partial charge in [-0.05, 0) is 102 Å². The maximum atomic E-state index is 15.4. The molecule has 15 nitrogen and oxygen atoms in total. The van der Waals surface area contributed by atoms with Crippen molar-refractivity contribution in [3.8, 4) is 17.2 Å². The first-order valence-corrected chi connectivity index (χ1v) is 24.1. The number of fused-ring (bicyclic) bond motifs is 3. The lowest BCUT2D eigenvalue weighted by Gasteiger charge is -2.59. The van der Waals surface area contributed by atoms with Crippen molar-refractivity contribution in [3.63, 3.8) is 0 Å². The number of allylic oxidation sites excluding steroid dienone is 1. The summed E-state index contributed by atoms with van der Waals surface area (Å²) in [6, 6.07) is 33.2. The summed E-state index contributed by atoms with van der Waals surface area (Å²) >= 11 is 0. The molecular formula is C55H60N4O11. The van der Waals surface area contributed by atoms with E-state index in [1.54, 1.807) is 23.1 Å². The molecule has 5 aromatic rings. The van der Waals surface area contributed by atoms with Crippen LogP contribution in [-0.2, 0) is 22.7 Å². The Bertz CT molecular complexity index is 2690. The molecule has 8 rings (SSSR count). The highest BCUT2D eigenvalue weighted by Gasteiger charge is 2.66. The van der Waals surface area contributed by atoms with Crippen LogP contribution in [0.3, 0.4) is 0 Å². The van der Waals surface area contributed by atoms with Crippen molar-refractivity contribution in [2.45, 2.75) is 82.8 Å². The number of hydrogen-bond donors (Lipinski definition) is 3. The normalized spacial score (nSPS) is 21.6. The van der Waals surface area contributed by atoms with E-state index in [0.717, 1.165) is 45.9 Å². The fourth-order valence-corrected chi connectivity index (χ4v) is 10.5. The third-order valence-corrected chi connectivity index (χ3v) is 13.5.